The van der Waals surface area contributed by atoms with E-state index in [9.17, 15) is 5.11 Å². The first-order valence-corrected chi connectivity index (χ1v) is 5.85. The van der Waals surface area contributed by atoms with Gasteiger partial charge in [0.05, 0.1) is 23.7 Å². The van der Waals surface area contributed by atoms with E-state index in [0.29, 0.717) is 6.42 Å². The number of aromatic nitrogens is 1. The third-order valence-electron chi connectivity index (χ3n) is 2.92. The van der Waals surface area contributed by atoms with Crippen LogP contribution in [0.3, 0.4) is 0 Å². The van der Waals surface area contributed by atoms with Crippen molar-refractivity contribution in [3.05, 3.63) is 36.2 Å². The van der Waals surface area contributed by atoms with Gasteiger partial charge < -0.3 is 10.0 Å². The van der Waals surface area contributed by atoms with Crippen LogP contribution in [0, 0.1) is 0 Å². The van der Waals surface area contributed by atoms with Crippen LogP contribution in [0.2, 0.25) is 0 Å². The average molecular weight is 218 g/mol. The monoisotopic (exact) mass is 218 g/mol. The van der Waals surface area contributed by atoms with Crippen molar-refractivity contribution in [3.8, 4) is 0 Å². The molecule has 1 unspecified atom stereocenters. The molecule has 0 aliphatic carbocycles. The first-order valence-electron chi connectivity index (χ1n) is 5.85. The molecule has 3 heteroatoms. The third-order valence-corrected chi connectivity index (χ3v) is 2.92. The standard InChI is InChI=1S/C13H18N2O/c1-2-13(16)12-7-6-11(10-14-12)15-8-4-3-5-9-15/h3-4,6-7,10,13,16H,2,5,8-9H2,1H3. The van der Waals surface area contributed by atoms with Crippen molar-refractivity contribution < 1.29 is 5.11 Å². The Morgan fingerprint density at radius 2 is 2.31 bits per heavy atom. The van der Waals surface area contributed by atoms with E-state index in [0.717, 1.165) is 30.9 Å². The molecule has 1 aromatic heterocycles. The van der Waals surface area contributed by atoms with Crippen molar-refractivity contribution in [1.29, 1.82) is 0 Å². The van der Waals surface area contributed by atoms with E-state index in [2.05, 4.69) is 22.0 Å². The predicted octanol–water partition coefficient (Wildman–Crippen LogP) is 2.29. The first kappa shape index (κ1) is 11.1. The Labute approximate surface area is 96.4 Å². The Morgan fingerprint density at radius 3 is 2.88 bits per heavy atom. The largest absolute Gasteiger partial charge is 0.387 e. The number of anilines is 1. The lowest BCUT2D eigenvalue weighted by Gasteiger charge is -2.25. The molecule has 0 bridgehead atoms. The lowest BCUT2D eigenvalue weighted by Crippen LogP contribution is -2.26. The van der Waals surface area contributed by atoms with Crippen LogP contribution in [-0.2, 0) is 0 Å². The highest BCUT2D eigenvalue weighted by molar-refractivity contribution is 5.46. The number of nitrogens with zero attached hydrogens (tertiary/aromatic N) is 2. The second-order valence-electron chi connectivity index (χ2n) is 4.07. The van der Waals surface area contributed by atoms with E-state index < -0.39 is 6.10 Å². The van der Waals surface area contributed by atoms with Crippen LogP contribution in [0.15, 0.2) is 30.5 Å². The molecule has 0 saturated heterocycles. The molecule has 1 N–H and O–H groups in total. The van der Waals surface area contributed by atoms with Crippen molar-refractivity contribution in [3.63, 3.8) is 0 Å². The lowest BCUT2D eigenvalue weighted by atomic mass is 10.1. The molecule has 0 radical (unpaired) electrons. The fourth-order valence-electron chi connectivity index (χ4n) is 1.87. The van der Waals surface area contributed by atoms with Crippen molar-refractivity contribution in [2.45, 2.75) is 25.9 Å². The van der Waals surface area contributed by atoms with E-state index >= 15 is 0 Å². The summed E-state index contributed by atoms with van der Waals surface area (Å²) >= 11 is 0. The van der Waals surface area contributed by atoms with Gasteiger partial charge in [0.25, 0.3) is 0 Å². The molecule has 1 atom stereocenters. The van der Waals surface area contributed by atoms with Gasteiger partial charge in [-0.05, 0) is 25.0 Å². The Morgan fingerprint density at radius 1 is 1.44 bits per heavy atom. The zero-order chi connectivity index (χ0) is 11.4. The third kappa shape index (κ3) is 2.42. The molecule has 86 valence electrons. The highest BCUT2D eigenvalue weighted by Crippen LogP contribution is 2.19. The topological polar surface area (TPSA) is 36.4 Å². The minimum absolute atomic E-state index is 0.435. The Hall–Kier alpha value is -1.35. The normalized spacial score (nSPS) is 17.5. The summed E-state index contributed by atoms with van der Waals surface area (Å²) in [7, 11) is 0. The number of hydrogen-bond donors (Lipinski definition) is 1. The van der Waals surface area contributed by atoms with Crippen molar-refractivity contribution >= 4 is 5.69 Å². The van der Waals surface area contributed by atoms with Gasteiger partial charge in [0.1, 0.15) is 0 Å². The molecule has 1 aliphatic heterocycles. The molecule has 0 amide bonds. The van der Waals surface area contributed by atoms with Gasteiger partial charge in [0.15, 0.2) is 0 Å². The Kier molecular flexibility index (Phi) is 3.57. The number of pyridine rings is 1. The summed E-state index contributed by atoms with van der Waals surface area (Å²) in [5.41, 5.74) is 1.90. The summed E-state index contributed by atoms with van der Waals surface area (Å²) in [6.45, 7) is 3.96. The van der Waals surface area contributed by atoms with Gasteiger partial charge in [-0.3, -0.25) is 4.98 Å². The molecule has 1 aliphatic rings. The molecule has 3 nitrogen and oxygen atoms in total. The van der Waals surface area contributed by atoms with Crippen LogP contribution >= 0.6 is 0 Å². The fourth-order valence-corrected chi connectivity index (χ4v) is 1.87. The van der Waals surface area contributed by atoms with Gasteiger partial charge in [-0.1, -0.05) is 19.1 Å². The maximum absolute atomic E-state index is 9.64. The van der Waals surface area contributed by atoms with Gasteiger partial charge in [-0.2, -0.15) is 0 Å². The molecule has 0 spiro atoms. The SMILES string of the molecule is CCC(O)c1ccc(N2CC=CCC2)cn1. The summed E-state index contributed by atoms with van der Waals surface area (Å²) in [6, 6.07) is 3.96. The maximum Gasteiger partial charge on any atom is 0.0957 e. The summed E-state index contributed by atoms with van der Waals surface area (Å²) in [6.07, 6.45) is 7.61. The van der Waals surface area contributed by atoms with E-state index in [-0.39, 0.29) is 0 Å². The van der Waals surface area contributed by atoms with Crippen LogP contribution in [-0.4, -0.2) is 23.2 Å². The second-order valence-corrected chi connectivity index (χ2v) is 4.07. The highest BCUT2D eigenvalue weighted by atomic mass is 16.3. The fraction of sp³-hybridized carbons (Fsp3) is 0.462. The summed E-state index contributed by atoms with van der Waals surface area (Å²) in [5.74, 6) is 0. The molecule has 1 aromatic rings. The van der Waals surface area contributed by atoms with Crippen molar-refractivity contribution in [2.24, 2.45) is 0 Å². The van der Waals surface area contributed by atoms with Crippen LogP contribution in [0.25, 0.3) is 0 Å². The average Bonchev–Trinajstić information content (AvgIpc) is 2.39. The summed E-state index contributed by atoms with van der Waals surface area (Å²) < 4.78 is 0. The van der Waals surface area contributed by atoms with Crippen LogP contribution < -0.4 is 4.90 Å². The molecule has 2 rings (SSSR count). The molecular weight excluding hydrogens is 200 g/mol. The highest BCUT2D eigenvalue weighted by Gasteiger charge is 2.10. The minimum Gasteiger partial charge on any atom is -0.387 e. The Bertz CT molecular complexity index is 359. The minimum atomic E-state index is -0.435. The van der Waals surface area contributed by atoms with Gasteiger partial charge in [0, 0.05) is 13.1 Å². The number of hydrogen-bond acceptors (Lipinski definition) is 3. The van der Waals surface area contributed by atoms with Gasteiger partial charge in [0.2, 0.25) is 0 Å². The molecule has 16 heavy (non-hydrogen) atoms. The quantitative estimate of drug-likeness (QED) is 0.791. The van der Waals surface area contributed by atoms with Gasteiger partial charge in [-0.15, -0.1) is 0 Å². The molecule has 0 aromatic carbocycles. The smallest absolute Gasteiger partial charge is 0.0957 e. The van der Waals surface area contributed by atoms with E-state index in [1.54, 1.807) is 0 Å². The van der Waals surface area contributed by atoms with Crippen LogP contribution in [0.4, 0.5) is 5.69 Å². The van der Waals surface area contributed by atoms with E-state index in [4.69, 9.17) is 0 Å². The summed E-state index contributed by atoms with van der Waals surface area (Å²) in [4.78, 5) is 6.60. The van der Waals surface area contributed by atoms with E-state index in [1.807, 2.05) is 25.3 Å². The van der Waals surface area contributed by atoms with Crippen molar-refractivity contribution in [1.82, 2.24) is 4.98 Å². The molecule has 0 fully saturated rings. The number of rotatable bonds is 3. The molecule has 2 heterocycles. The van der Waals surface area contributed by atoms with Gasteiger partial charge >= 0.3 is 0 Å². The summed E-state index contributed by atoms with van der Waals surface area (Å²) in [5, 5.41) is 9.64. The first-order chi connectivity index (χ1) is 7.81. The Balaban J connectivity index is 2.09. The number of aliphatic hydroxyl groups excluding tert-OH is 1. The molecule has 0 saturated carbocycles. The zero-order valence-corrected chi connectivity index (χ0v) is 9.63. The van der Waals surface area contributed by atoms with Crippen molar-refractivity contribution in [2.75, 3.05) is 18.0 Å². The van der Waals surface area contributed by atoms with Crippen LogP contribution in [0.1, 0.15) is 31.6 Å². The van der Waals surface area contributed by atoms with Crippen LogP contribution in [0.5, 0.6) is 0 Å². The zero-order valence-electron chi connectivity index (χ0n) is 9.63. The number of aliphatic hydroxyl groups is 1. The van der Waals surface area contributed by atoms with Gasteiger partial charge in [-0.25, -0.2) is 0 Å². The maximum atomic E-state index is 9.64. The second kappa shape index (κ2) is 5.12. The van der Waals surface area contributed by atoms with E-state index in [1.165, 1.54) is 0 Å². The molecular formula is C13H18N2O. The lowest BCUT2D eigenvalue weighted by molar-refractivity contribution is 0.169. The predicted molar refractivity (Wildman–Crippen MR) is 65.5 cm³/mol.